The van der Waals surface area contributed by atoms with E-state index < -0.39 is 17.6 Å². The standard InChI is InChI=1S/C32H70O6Si2/c1-8-15-22-23-24-25-32(39(33-26-16-9-2,34-27-17-10-3)35-28-18-11-4)40(36-29-19-12-5,37-30-20-13-6)38-31-21-14-7/h32H,8-31H2,1-7H3. The fourth-order valence-corrected chi connectivity index (χ4v) is 13.2. The first-order chi connectivity index (χ1) is 19.6. The predicted octanol–water partition coefficient (Wildman–Crippen LogP) is 10.0. The summed E-state index contributed by atoms with van der Waals surface area (Å²) in [5.74, 6) is 0. The minimum atomic E-state index is -3.23. The van der Waals surface area contributed by atoms with Crippen molar-refractivity contribution in [1.29, 1.82) is 0 Å². The molecule has 0 radical (unpaired) electrons. The van der Waals surface area contributed by atoms with Crippen LogP contribution in [0.4, 0.5) is 0 Å². The molecule has 0 saturated carbocycles. The van der Waals surface area contributed by atoms with Crippen LogP contribution in [0.1, 0.15) is 164 Å². The Morgan fingerprint density at radius 1 is 0.325 bits per heavy atom. The summed E-state index contributed by atoms with van der Waals surface area (Å²) in [6, 6.07) is 0. The van der Waals surface area contributed by atoms with Crippen molar-refractivity contribution < 1.29 is 26.6 Å². The molecule has 0 fully saturated rings. The van der Waals surface area contributed by atoms with Crippen LogP contribution in [0, 0.1) is 0 Å². The highest BCUT2D eigenvalue weighted by molar-refractivity contribution is 6.82. The van der Waals surface area contributed by atoms with Gasteiger partial charge in [-0.15, -0.1) is 0 Å². The van der Waals surface area contributed by atoms with Gasteiger partial charge in [0.05, 0.1) is 5.16 Å². The van der Waals surface area contributed by atoms with Crippen molar-refractivity contribution in [2.24, 2.45) is 0 Å². The number of rotatable bonds is 32. The smallest absolute Gasteiger partial charge is 0.373 e. The second-order valence-electron chi connectivity index (χ2n) is 11.2. The molecule has 0 spiro atoms. The molecule has 0 aliphatic heterocycles. The topological polar surface area (TPSA) is 55.4 Å². The van der Waals surface area contributed by atoms with Gasteiger partial charge in [0, 0.05) is 39.6 Å². The van der Waals surface area contributed by atoms with Gasteiger partial charge in [0.1, 0.15) is 0 Å². The summed E-state index contributed by atoms with van der Waals surface area (Å²) in [5, 5.41) is -0.0993. The summed E-state index contributed by atoms with van der Waals surface area (Å²) in [4.78, 5) is 0. The van der Waals surface area contributed by atoms with E-state index in [2.05, 4.69) is 48.5 Å². The Bertz CT molecular complexity index is 435. The fraction of sp³-hybridized carbons (Fsp3) is 1.00. The third-order valence-electron chi connectivity index (χ3n) is 7.26. The molecule has 40 heavy (non-hydrogen) atoms. The second kappa shape index (κ2) is 28.0. The minimum absolute atomic E-state index is 0.0993. The maximum absolute atomic E-state index is 6.92. The van der Waals surface area contributed by atoms with Crippen LogP contribution in [0.3, 0.4) is 0 Å². The Labute approximate surface area is 252 Å². The van der Waals surface area contributed by atoms with Crippen molar-refractivity contribution in [3.05, 3.63) is 0 Å². The lowest BCUT2D eigenvalue weighted by Gasteiger charge is -2.43. The van der Waals surface area contributed by atoms with E-state index in [-0.39, 0.29) is 5.16 Å². The molecule has 0 bridgehead atoms. The van der Waals surface area contributed by atoms with Gasteiger partial charge in [0.25, 0.3) is 0 Å². The summed E-state index contributed by atoms with van der Waals surface area (Å²) < 4.78 is 41.5. The first-order valence-electron chi connectivity index (χ1n) is 17.4. The zero-order chi connectivity index (χ0) is 29.8. The molecule has 0 aliphatic carbocycles. The van der Waals surface area contributed by atoms with E-state index in [4.69, 9.17) is 26.6 Å². The Morgan fingerprint density at radius 3 is 0.825 bits per heavy atom. The van der Waals surface area contributed by atoms with Crippen molar-refractivity contribution >= 4 is 17.6 Å². The zero-order valence-corrected chi connectivity index (χ0v) is 30.0. The molecule has 0 aromatic rings. The predicted molar refractivity (Wildman–Crippen MR) is 174 cm³/mol. The van der Waals surface area contributed by atoms with Gasteiger partial charge in [-0.1, -0.05) is 119 Å². The minimum Gasteiger partial charge on any atom is -0.373 e. The van der Waals surface area contributed by atoms with E-state index in [9.17, 15) is 0 Å². The second-order valence-corrected chi connectivity index (χ2v) is 17.3. The largest absolute Gasteiger partial charge is 0.508 e. The van der Waals surface area contributed by atoms with E-state index >= 15 is 0 Å². The molecule has 242 valence electrons. The van der Waals surface area contributed by atoms with E-state index in [0.29, 0.717) is 39.6 Å². The number of unbranched alkanes of at least 4 members (excludes halogenated alkanes) is 10. The van der Waals surface area contributed by atoms with Gasteiger partial charge in [-0.3, -0.25) is 0 Å². The highest BCUT2D eigenvalue weighted by Gasteiger charge is 2.65. The van der Waals surface area contributed by atoms with Crippen LogP contribution < -0.4 is 0 Å². The summed E-state index contributed by atoms with van der Waals surface area (Å²) in [6.45, 7) is 19.4. The summed E-state index contributed by atoms with van der Waals surface area (Å²) in [5.41, 5.74) is 0. The normalized spacial score (nSPS) is 12.6. The van der Waals surface area contributed by atoms with Crippen LogP contribution >= 0.6 is 0 Å². The molecule has 0 atom stereocenters. The molecule has 0 N–H and O–H groups in total. The van der Waals surface area contributed by atoms with Crippen LogP contribution in [-0.4, -0.2) is 57.3 Å². The van der Waals surface area contributed by atoms with Gasteiger partial charge in [0.2, 0.25) is 0 Å². The monoisotopic (exact) mass is 606 g/mol. The van der Waals surface area contributed by atoms with Gasteiger partial charge in [-0.25, -0.2) is 0 Å². The highest BCUT2D eigenvalue weighted by Crippen LogP contribution is 2.42. The maximum atomic E-state index is 6.92. The van der Waals surface area contributed by atoms with Crippen molar-refractivity contribution in [3.8, 4) is 0 Å². The van der Waals surface area contributed by atoms with Crippen LogP contribution in [-0.2, 0) is 26.6 Å². The van der Waals surface area contributed by atoms with Crippen LogP contribution in [0.5, 0.6) is 0 Å². The van der Waals surface area contributed by atoms with Gasteiger partial charge in [-0.2, -0.15) is 0 Å². The first-order valence-corrected chi connectivity index (χ1v) is 21.0. The van der Waals surface area contributed by atoms with Crippen molar-refractivity contribution in [2.75, 3.05) is 39.6 Å². The lowest BCUT2D eigenvalue weighted by Crippen LogP contribution is -2.64. The molecule has 0 aliphatic rings. The molecular weight excluding hydrogens is 537 g/mol. The Balaban J connectivity index is 6.78. The summed E-state index contributed by atoms with van der Waals surface area (Å²) >= 11 is 0. The summed E-state index contributed by atoms with van der Waals surface area (Å²) in [7, 11) is -6.47. The Kier molecular flexibility index (Phi) is 28.1. The SMILES string of the molecule is CCCCCCCC([Si](OCCCC)(OCCCC)OCCCC)[Si](OCCCC)(OCCCC)OCCCC. The van der Waals surface area contributed by atoms with Gasteiger partial charge < -0.3 is 26.6 Å². The third kappa shape index (κ3) is 17.3. The van der Waals surface area contributed by atoms with Gasteiger partial charge in [-0.05, 0) is 44.9 Å². The number of hydrogen-bond donors (Lipinski definition) is 0. The van der Waals surface area contributed by atoms with Crippen molar-refractivity contribution in [2.45, 2.75) is 169 Å². The molecule has 0 amide bonds. The van der Waals surface area contributed by atoms with Crippen LogP contribution in [0.2, 0.25) is 5.16 Å². The molecular formula is C32H70O6Si2. The quantitative estimate of drug-likeness (QED) is 0.0561. The van der Waals surface area contributed by atoms with Crippen LogP contribution in [0.15, 0.2) is 0 Å². The van der Waals surface area contributed by atoms with E-state index in [1.807, 2.05) is 0 Å². The molecule has 0 heterocycles. The molecule has 6 nitrogen and oxygen atoms in total. The van der Waals surface area contributed by atoms with Gasteiger partial charge >= 0.3 is 17.6 Å². The fourth-order valence-electron chi connectivity index (χ4n) is 4.53. The van der Waals surface area contributed by atoms with Crippen molar-refractivity contribution in [1.82, 2.24) is 0 Å². The first kappa shape index (κ1) is 40.2. The molecule has 8 heteroatoms. The van der Waals surface area contributed by atoms with Crippen molar-refractivity contribution in [3.63, 3.8) is 0 Å². The average molecular weight is 607 g/mol. The summed E-state index contributed by atoms with van der Waals surface area (Å²) in [6.07, 6.45) is 19.4. The Morgan fingerprint density at radius 2 is 0.575 bits per heavy atom. The third-order valence-corrected chi connectivity index (χ3v) is 15.3. The molecule has 0 unspecified atom stereocenters. The molecule has 0 aromatic carbocycles. The van der Waals surface area contributed by atoms with E-state index in [1.54, 1.807) is 0 Å². The molecule has 0 aromatic heterocycles. The average Bonchev–Trinajstić information content (AvgIpc) is 2.95. The zero-order valence-electron chi connectivity index (χ0n) is 28.0. The molecule has 0 saturated heterocycles. The maximum Gasteiger partial charge on any atom is 0.508 e. The number of hydrogen-bond acceptors (Lipinski definition) is 6. The Hall–Kier alpha value is 0.194. The van der Waals surface area contributed by atoms with Gasteiger partial charge in [0.15, 0.2) is 0 Å². The lowest BCUT2D eigenvalue weighted by molar-refractivity contribution is 0.0179. The highest BCUT2D eigenvalue weighted by atomic mass is 28.5. The van der Waals surface area contributed by atoms with E-state index in [1.165, 1.54) is 25.7 Å². The van der Waals surface area contributed by atoms with E-state index in [0.717, 1.165) is 89.9 Å². The van der Waals surface area contributed by atoms with Crippen LogP contribution in [0.25, 0.3) is 0 Å². The lowest BCUT2D eigenvalue weighted by atomic mass is 10.1. The molecule has 0 rings (SSSR count).